The number of hydrogen-bond donors (Lipinski definition) is 6. The fourth-order valence-electron chi connectivity index (χ4n) is 2.60. The Bertz CT molecular complexity index is 1240. The molecule has 2 rings (SSSR count). The first-order valence-electron chi connectivity index (χ1n) is 9.43. The summed E-state index contributed by atoms with van der Waals surface area (Å²) in [4.78, 5) is 34.9. The van der Waals surface area contributed by atoms with Gasteiger partial charge in [-0.15, -0.1) is 0 Å². The molecule has 15 heteroatoms. The van der Waals surface area contributed by atoms with Crippen molar-refractivity contribution in [3.63, 3.8) is 0 Å². The van der Waals surface area contributed by atoms with Gasteiger partial charge in [-0.05, 0) is 37.1 Å². The standard InChI is InChI=1S/C19H22N4O9S2/c1-11-3-5-13(24)7-16(11)33(29,30)22-18(27)20-9-15(26)10-21-19(28)23-34(31,32)17-8-14(25)6-4-12(17)2/h3-8,24-25H,9-10H2,1-2H3,(H2,20,22,27)(H2,21,23,28). The fraction of sp³-hybridized carbons (Fsp3) is 0.211. The summed E-state index contributed by atoms with van der Waals surface area (Å²) in [7, 11) is -8.67. The van der Waals surface area contributed by atoms with Crippen LogP contribution < -0.4 is 20.1 Å². The number of ketones is 1. The lowest BCUT2D eigenvalue weighted by Gasteiger charge is -2.12. The molecule has 0 atom stereocenters. The number of aromatic hydroxyl groups is 2. The van der Waals surface area contributed by atoms with Crippen LogP contribution in [0.5, 0.6) is 11.5 Å². The van der Waals surface area contributed by atoms with E-state index in [1.165, 1.54) is 38.1 Å². The van der Waals surface area contributed by atoms with Gasteiger partial charge < -0.3 is 20.8 Å². The van der Waals surface area contributed by atoms with Gasteiger partial charge in [-0.25, -0.2) is 35.9 Å². The topological polar surface area (TPSA) is 208 Å². The molecule has 6 N–H and O–H groups in total. The third-order valence-corrected chi connectivity index (χ3v) is 7.21. The zero-order valence-corrected chi connectivity index (χ0v) is 19.6. The maximum Gasteiger partial charge on any atom is 0.329 e. The van der Waals surface area contributed by atoms with E-state index in [9.17, 15) is 41.4 Å². The second kappa shape index (κ2) is 10.4. The monoisotopic (exact) mass is 514 g/mol. The van der Waals surface area contributed by atoms with Crippen molar-refractivity contribution in [1.82, 2.24) is 20.1 Å². The average molecular weight is 515 g/mol. The molecule has 0 fully saturated rings. The number of amides is 4. The van der Waals surface area contributed by atoms with Gasteiger partial charge in [0.15, 0.2) is 5.78 Å². The molecule has 0 saturated heterocycles. The van der Waals surface area contributed by atoms with Crippen LogP contribution in [-0.4, -0.2) is 58.0 Å². The summed E-state index contributed by atoms with van der Waals surface area (Å²) in [6.07, 6.45) is 0. The van der Waals surface area contributed by atoms with E-state index < -0.39 is 51.0 Å². The van der Waals surface area contributed by atoms with E-state index in [1.54, 1.807) is 9.44 Å². The largest absolute Gasteiger partial charge is 0.508 e. The number of hydrogen-bond acceptors (Lipinski definition) is 9. The molecule has 0 saturated carbocycles. The fourth-order valence-corrected chi connectivity index (χ4v) is 4.99. The number of urea groups is 2. The Hall–Kier alpha value is -3.85. The number of aryl methyl sites for hydroxylation is 2. The highest BCUT2D eigenvalue weighted by Gasteiger charge is 2.22. The van der Waals surface area contributed by atoms with Crippen LogP contribution in [0.4, 0.5) is 9.59 Å². The Morgan fingerprint density at radius 2 is 1.06 bits per heavy atom. The molecule has 13 nitrogen and oxygen atoms in total. The zero-order valence-electron chi connectivity index (χ0n) is 17.9. The maximum atomic E-state index is 12.3. The number of phenolic OH excluding ortho intramolecular Hbond substituents is 2. The Balaban J connectivity index is 1.86. The second-order valence-corrected chi connectivity index (χ2v) is 10.3. The lowest BCUT2D eigenvalue weighted by Crippen LogP contribution is -2.45. The number of rotatable bonds is 8. The van der Waals surface area contributed by atoms with E-state index in [1.807, 2.05) is 10.6 Å². The van der Waals surface area contributed by atoms with Crippen molar-refractivity contribution in [2.24, 2.45) is 0 Å². The number of carbonyl (C=O) groups excluding carboxylic acids is 3. The third-order valence-electron chi connectivity index (χ3n) is 4.27. The van der Waals surface area contributed by atoms with E-state index in [-0.39, 0.29) is 32.4 Å². The SMILES string of the molecule is Cc1ccc(O)cc1S(=O)(=O)NC(=O)NCC(=O)CNC(=O)NS(=O)(=O)c1cc(O)ccc1C. The van der Waals surface area contributed by atoms with Crippen molar-refractivity contribution in [2.75, 3.05) is 13.1 Å². The van der Waals surface area contributed by atoms with Crippen molar-refractivity contribution < 1.29 is 41.4 Å². The Morgan fingerprint density at radius 1 is 0.706 bits per heavy atom. The normalized spacial score (nSPS) is 11.4. The summed E-state index contributed by atoms with van der Waals surface area (Å²) >= 11 is 0. The lowest BCUT2D eigenvalue weighted by molar-refractivity contribution is -0.117. The number of phenols is 2. The molecule has 0 unspecified atom stereocenters. The van der Waals surface area contributed by atoms with E-state index in [0.29, 0.717) is 0 Å². The molecule has 34 heavy (non-hydrogen) atoms. The van der Waals surface area contributed by atoms with Gasteiger partial charge in [0.05, 0.1) is 22.9 Å². The molecular formula is C19H22N4O9S2. The summed E-state index contributed by atoms with van der Waals surface area (Å²) in [6, 6.07) is 4.65. The third kappa shape index (κ3) is 7.08. The van der Waals surface area contributed by atoms with Crippen molar-refractivity contribution in [3.05, 3.63) is 47.5 Å². The van der Waals surface area contributed by atoms with Gasteiger partial charge in [-0.2, -0.15) is 0 Å². The zero-order chi connectivity index (χ0) is 25.7. The molecule has 0 radical (unpaired) electrons. The van der Waals surface area contributed by atoms with Crippen LogP contribution >= 0.6 is 0 Å². The quantitative estimate of drug-likeness (QED) is 0.279. The molecular weight excluding hydrogens is 492 g/mol. The van der Waals surface area contributed by atoms with E-state index in [2.05, 4.69) is 0 Å². The predicted octanol–water partition coefficient (Wildman–Crippen LogP) is -0.0403. The average Bonchev–Trinajstić information content (AvgIpc) is 2.73. The van der Waals surface area contributed by atoms with E-state index in [0.717, 1.165) is 12.1 Å². The van der Waals surface area contributed by atoms with E-state index in [4.69, 9.17) is 0 Å². The molecule has 0 aliphatic heterocycles. The van der Waals surface area contributed by atoms with Crippen molar-refractivity contribution in [3.8, 4) is 11.5 Å². The van der Waals surface area contributed by atoms with Crippen molar-refractivity contribution >= 4 is 37.9 Å². The molecule has 184 valence electrons. The maximum absolute atomic E-state index is 12.3. The Labute approximate surface area is 195 Å². The van der Waals surface area contributed by atoms with Crippen LogP contribution in [0.25, 0.3) is 0 Å². The highest BCUT2D eigenvalue weighted by Crippen LogP contribution is 2.21. The van der Waals surface area contributed by atoms with Crippen LogP contribution in [0.2, 0.25) is 0 Å². The first kappa shape index (κ1) is 26.4. The molecule has 0 aliphatic carbocycles. The Morgan fingerprint density at radius 3 is 1.41 bits per heavy atom. The molecule has 0 heterocycles. The molecule has 0 spiro atoms. The molecule has 0 bridgehead atoms. The van der Waals surface area contributed by atoms with Gasteiger partial charge in [-0.1, -0.05) is 12.1 Å². The first-order valence-corrected chi connectivity index (χ1v) is 12.4. The van der Waals surface area contributed by atoms with Gasteiger partial charge >= 0.3 is 12.1 Å². The van der Waals surface area contributed by atoms with Crippen LogP contribution in [0.1, 0.15) is 11.1 Å². The van der Waals surface area contributed by atoms with Gasteiger partial charge in [0.1, 0.15) is 11.5 Å². The number of benzene rings is 2. The molecule has 0 aromatic heterocycles. The molecule has 0 aliphatic rings. The minimum absolute atomic E-state index is 0.264. The highest BCUT2D eigenvalue weighted by molar-refractivity contribution is 7.90. The molecule has 2 aromatic carbocycles. The van der Waals surface area contributed by atoms with Gasteiger partial charge in [-0.3, -0.25) is 4.79 Å². The van der Waals surface area contributed by atoms with Crippen molar-refractivity contribution in [1.29, 1.82) is 0 Å². The second-order valence-electron chi connectivity index (χ2n) is 7.01. The first-order chi connectivity index (χ1) is 15.7. The van der Waals surface area contributed by atoms with Gasteiger partial charge in [0, 0.05) is 12.1 Å². The lowest BCUT2D eigenvalue weighted by atomic mass is 10.2. The number of nitrogens with one attached hydrogen (secondary N) is 4. The minimum Gasteiger partial charge on any atom is -0.508 e. The summed E-state index contributed by atoms with van der Waals surface area (Å²) in [5.41, 5.74) is 0.528. The Kier molecular flexibility index (Phi) is 8.07. The van der Waals surface area contributed by atoms with Crippen LogP contribution in [-0.2, 0) is 24.8 Å². The van der Waals surface area contributed by atoms with Gasteiger partial charge in [0.25, 0.3) is 20.0 Å². The van der Waals surface area contributed by atoms with Crippen molar-refractivity contribution in [2.45, 2.75) is 23.6 Å². The highest BCUT2D eigenvalue weighted by atomic mass is 32.2. The molecule has 2 aromatic rings. The number of Topliss-reactive ketones (excluding diaryl/α,β-unsaturated/α-hetero) is 1. The minimum atomic E-state index is -4.34. The summed E-state index contributed by atoms with van der Waals surface area (Å²) in [6.45, 7) is 1.54. The number of sulfonamides is 2. The smallest absolute Gasteiger partial charge is 0.329 e. The van der Waals surface area contributed by atoms with Crippen LogP contribution in [0.15, 0.2) is 46.2 Å². The summed E-state index contributed by atoms with van der Waals surface area (Å²) in [5.74, 6) is -1.43. The van der Waals surface area contributed by atoms with Gasteiger partial charge in [0.2, 0.25) is 0 Å². The van der Waals surface area contributed by atoms with Crippen LogP contribution in [0.3, 0.4) is 0 Å². The number of carbonyl (C=O) groups is 3. The van der Waals surface area contributed by atoms with E-state index >= 15 is 0 Å². The summed E-state index contributed by atoms with van der Waals surface area (Å²) in [5, 5.41) is 22.9. The van der Waals surface area contributed by atoms with Crippen LogP contribution in [0, 0.1) is 13.8 Å². The summed E-state index contributed by atoms with van der Waals surface area (Å²) < 4.78 is 52.4. The molecule has 4 amide bonds. The predicted molar refractivity (Wildman–Crippen MR) is 118 cm³/mol.